The molecule has 39 heavy (non-hydrogen) atoms. The highest BCUT2D eigenvalue weighted by Crippen LogP contribution is 2.29. The second-order valence-corrected chi connectivity index (χ2v) is 11.7. The van der Waals surface area contributed by atoms with Crippen LogP contribution in [0.2, 0.25) is 0 Å². The Hall–Kier alpha value is -3.12. The zero-order chi connectivity index (χ0) is 28.2. The number of nitrogens with zero attached hydrogens (tertiary/aromatic N) is 2. The largest absolute Gasteiger partial charge is 0.321 e. The van der Waals surface area contributed by atoms with Crippen molar-refractivity contribution in [2.75, 3.05) is 25.9 Å². The van der Waals surface area contributed by atoms with Gasteiger partial charge in [-0.15, -0.1) is 0 Å². The van der Waals surface area contributed by atoms with Gasteiger partial charge in [-0.1, -0.05) is 24.3 Å². The van der Waals surface area contributed by atoms with E-state index in [2.05, 4.69) is 10.3 Å². The fourth-order valence-electron chi connectivity index (χ4n) is 5.11. The molecule has 0 spiro atoms. The summed E-state index contributed by atoms with van der Waals surface area (Å²) in [7, 11) is -3.43. The average Bonchev–Trinajstić information content (AvgIpc) is 2.90. The van der Waals surface area contributed by atoms with Crippen LogP contribution >= 0.6 is 0 Å². The van der Waals surface area contributed by atoms with Crippen LogP contribution in [0.1, 0.15) is 34.6 Å². The van der Waals surface area contributed by atoms with E-state index in [9.17, 15) is 26.4 Å². The van der Waals surface area contributed by atoms with Gasteiger partial charge in [0, 0.05) is 44.2 Å². The van der Waals surface area contributed by atoms with Crippen LogP contribution in [0.4, 0.5) is 13.2 Å². The summed E-state index contributed by atoms with van der Waals surface area (Å²) in [5.74, 6) is -2.58. The number of pyridine rings is 1. The van der Waals surface area contributed by atoms with Crippen LogP contribution in [0.15, 0.2) is 60.9 Å². The summed E-state index contributed by atoms with van der Waals surface area (Å²) >= 11 is 0. The number of aromatic nitrogens is 1. The minimum atomic E-state index is -3.43. The number of benzene rings is 2. The summed E-state index contributed by atoms with van der Waals surface area (Å²) in [4.78, 5) is 17.4. The molecule has 2 aromatic carbocycles. The van der Waals surface area contributed by atoms with Gasteiger partial charge in [0.2, 0.25) is 10.0 Å². The van der Waals surface area contributed by atoms with Crippen molar-refractivity contribution in [1.82, 2.24) is 14.6 Å². The SMILES string of the molecule is CS(=O)(=O)N1CCNC[C@H]1CCc1c(F)cncc1CC(=O)[C@@H](N)C(c1ccc(F)cc1)c1ccc(F)cc1. The third-order valence-corrected chi connectivity index (χ3v) is 8.43. The highest BCUT2D eigenvalue weighted by Gasteiger charge is 2.31. The lowest BCUT2D eigenvalue weighted by Gasteiger charge is -2.34. The summed E-state index contributed by atoms with van der Waals surface area (Å²) in [5.41, 5.74) is 8.26. The third kappa shape index (κ3) is 7.10. The van der Waals surface area contributed by atoms with Gasteiger partial charge in [-0.25, -0.2) is 21.6 Å². The number of hydrogen-bond acceptors (Lipinski definition) is 6. The molecule has 3 aromatic rings. The first-order chi connectivity index (χ1) is 18.5. The minimum absolute atomic E-state index is 0.198. The Morgan fingerprint density at radius 3 is 2.21 bits per heavy atom. The Morgan fingerprint density at radius 1 is 1.05 bits per heavy atom. The van der Waals surface area contributed by atoms with Gasteiger partial charge in [0.05, 0.1) is 18.5 Å². The van der Waals surface area contributed by atoms with Crippen molar-refractivity contribution in [3.05, 3.63) is 101 Å². The topological polar surface area (TPSA) is 105 Å². The number of carbonyl (C=O) groups excluding carboxylic acids is 1. The summed E-state index contributed by atoms with van der Waals surface area (Å²) in [6, 6.07) is 9.70. The number of sulfonamides is 1. The molecule has 0 amide bonds. The first-order valence-electron chi connectivity index (χ1n) is 12.6. The molecule has 2 heterocycles. The molecule has 1 aliphatic heterocycles. The molecular weight excluding hydrogens is 529 g/mol. The fourth-order valence-corrected chi connectivity index (χ4v) is 6.25. The number of rotatable bonds is 10. The maximum atomic E-state index is 14.9. The Labute approximate surface area is 226 Å². The minimum Gasteiger partial charge on any atom is -0.321 e. The Morgan fingerprint density at radius 2 is 1.64 bits per heavy atom. The molecule has 0 bridgehead atoms. The van der Waals surface area contributed by atoms with E-state index in [1.54, 1.807) is 0 Å². The molecule has 1 aliphatic rings. The van der Waals surface area contributed by atoms with Gasteiger partial charge in [-0.2, -0.15) is 4.31 Å². The number of Topliss-reactive ketones (excluding diaryl/α,β-unsaturated/α-hetero) is 1. The highest BCUT2D eigenvalue weighted by molar-refractivity contribution is 7.88. The van der Waals surface area contributed by atoms with E-state index < -0.39 is 45.2 Å². The summed E-state index contributed by atoms with van der Waals surface area (Å²) in [6.07, 6.45) is 3.98. The van der Waals surface area contributed by atoms with E-state index in [1.165, 1.54) is 59.0 Å². The predicted molar refractivity (Wildman–Crippen MR) is 142 cm³/mol. The lowest BCUT2D eigenvalue weighted by atomic mass is 9.82. The molecule has 0 saturated carbocycles. The zero-order valence-electron chi connectivity index (χ0n) is 21.5. The molecule has 0 aliphatic carbocycles. The molecule has 1 saturated heterocycles. The Balaban J connectivity index is 1.57. The van der Waals surface area contributed by atoms with Crippen LogP contribution in [-0.4, -0.2) is 61.5 Å². The molecule has 1 aromatic heterocycles. The van der Waals surface area contributed by atoms with Crippen LogP contribution < -0.4 is 11.1 Å². The summed E-state index contributed by atoms with van der Waals surface area (Å²) < 4.78 is 68.0. The van der Waals surface area contributed by atoms with Crippen molar-refractivity contribution < 1.29 is 26.4 Å². The summed E-state index contributed by atoms with van der Waals surface area (Å²) in [6.45, 7) is 1.31. The van der Waals surface area contributed by atoms with Gasteiger partial charge in [-0.3, -0.25) is 9.78 Å². The van der Waals surface area contributed by atoms with E-state index in [1.807, 2.05) is 0 Å². The lowest BCUT2D eigenvalue weighted by Crippen LogP contribution is -2.53. The standard InChI is InChI=1S/C28H31F3N4O3S/c1-39(37,38)35-13-12-33-16-23(35)10-11-24-20(15-34-17-25(24)31)14-26(36)28(32)27(18-2-6-21(29)7-3-18)19-4-8-22(30)9-5-19/h2-9,15,17,23,27-28,33H,10-14,16,32H2,1H3/t23-,28-/m1/s1. The van der Waals surface area contributed by atoms with Crippen molar-refractivity contribution in [3.63, 3.8) is 0 Å². The van der Waals surface area contributed by atoms with Crippen molar-refractivity contribution in [1.29, 1.82) is 0 Å². The highest BCUT2D eigenvalue weighted by atomic mass is 32.2. The normalized spacial score (nSPS) is 17.3. The smallest absolute Gasteiger partial charge is 0.211 e. The molecule has 4 rings (SSSR count). The van der Waals surface area contributed by atoms with Crippen LogP contribution in [0.25, 0.3) is 0 Å². The van der Waals surface area contributed by atoms with E-state index in [4.69, 9.17) is 5.73 Å². The summed E-state index contributed by atoms with van der Waals surface area (Å²) in [5, 5.41) is 3.17. The van der Waals surface area contributed by atoms with Gasteiger partial charge in [0.25, 0.3) is 0 Å². The molecule has 7 nitrogen and oxygen atoms in total. The van der Waals surface area contributed by atoms with Crippen molar-refractivity contribution in [2.45, 2.75) is 37.3 Å². The quantitative estimate of drug-likeness (QED) is 0.395. The van der Waals surface area contributed by atoms with Crippen LogP contribution in [0.3, 0.4) is 0 Å². The first kappa shape index (κ1) is 28.9. The van der Waals surface area contributed by atoms with E-state index in [0.29, 0.717) is 42.7 Å². The number of nitrogens with two attached hydrogens (primary N) is 1. The van der Waals surface area contributed by atoms with Crippen LogP contribution in [0, 0.1) is 17.5 Å². The van der Waals surface area contributed by atoms with Gasteiger partial charge in [-0.05, 0) is 59.4 Å². The van der Waals surface area contributed by atoms with Gasteiger partial charge in [0.15, 0.2) is 5.78 Å². The van der Waals surface area contributed by atoms with Crippen molar-refractivity contribution in [2.24, 2.45) is 5.73 Å². The number of ketones is 1. The molecule has 208 valence electrons. The number of carbonyl (C=O) groups is 1. The van der Waals surface area contributed by atoms with E-state index >= 15 is 0 Å². The van der Waals surface area contributed by atoms with Gasteiger partial charge in [0.1, 0.15) is 17.5 Å². The molecule has 0 unspecified atom stereocenters. The third-order valence-electron chi connectivity index (χ3n) is 7.10. The van der Waals surface area contributed by atoms with Crippen LogP contribution in [0.5, 0.6) is 0 Å². The Kier molecular flexibility index (Phi) is 9.16. The van der Waals surface area contributed by atoms with E-state index in [0.717, 1.165) is 12.5 Å². The molecule has 1 fully saturated rings. The van der Waals surface area contributed by atoms with Crippen molar-refractivity contribution >= 4 is 15.8 Å². The van der Waals surface area contributed by atoms with Gasteiger partial charge < -0.3 is 11.1 Å². The molecule has 0 radical (unpaired) electrons. The van der Waals surface area contributed by atoms with E-state index in [-0.39, 0.29) is 24.4 Å². The number of hydrogen-bond donors (Lipinski definition) is 2. The Bertz CT molecular complexity index is 1360. The van der Waals surface area contributed by atoms with Gasteiger partial charge >= 0.3 is 0 Å². The predicted octanol–water partition coefficient (Wildman–Crippen LogP) is 2.94. The zero-order valence-corrected chi connectivity index (χ0v) is 22.3. The second kappa shape index (κ2) is 12.4. The maximum Gasteiger partial charge on any atom is 0.211 e. The molecule has 2 atom stereocenters. The number of nitrogens with one attached hydrogen (secondary N) is 1. The maximum absolute atomic E-state index is 14.9. The number of piperazine rings is 1. The monoisotopic (exact) mass is 560 g/mol. The average molecular weight is 561 g/mol. The first-order valence-corrected chi connectivity index (χ1v) is 14.5. The molecule has 11 heteroatoms. The fraction of sp³-hybridized carbons (Fsp3) is 0.357. The molecular formula is C28H31F3N4O3S. The lowest BCUT2D eigenvalue weighted by molar-refractivity contribution is -0.119. The molecule has 3 N–H and O–H groups in total. The number of halogens is 3. The second-order valence-electron chi connectivity index (χ2n) is 9.78. The van der Waals surface area contributed by atoms with Crippen LogP contribution in [-0.2, 0) is 27.7 Å². The van der Waals surface area contributed by atoms with Crippen molar-refractivity contribution in [3.8, 4) is 0 Å².